The van der Waals surface area contributed by atoms with Crippen LogP contribution in [0.25, 0.3) is 11.1 Å². The molecule has 1 aliphatic carbocycles. The lowest BCUT2D eigenvalue weighted by Gasteiger charge is -2.53. The maximum atomic E-state index is 13.5. The lowest BCUT2D eigenvalue weighted by molar-refractivity contribution is -0.681. The maximum absolute atomic E-state index is 13.5. The number of nitrogens with zero attached hydrogens (tertiary/aromatic N) is 3. The summed E-state index contributed by atoms with van der Waals surface area (Å²) in [5.74, 6) is 2.00. The Morgan fingerprint density at radius 2 is 2.20 bits per heavy atom. The van der Waals surface area contributed by atoms with Gasteiger partial charge in [-0.15, -0.1) is 0 Å². The van der Waals surface area contributed by atoms with Crippen molar-refractivity contribution in [1.82, 2.24) is 14.9 Å². The number of aromatic nitrogens is 2. The van der Waals surface area contributed by atoms with Crippen molar-refractivity contribution in [3.63, 3.8) is 0 Å². The number of likely N-dealkylation sites (tertiary alicyclic amines) is 1. The Hall–Kier alpha value is -2.67. The van der Waals surface area contributed by atoms with Crippen LogP contribution < -0.4 is 5.32 Å². The molecule has 0 spiro atoms. The molecule has 2 aromatic heterocycles. The Morgan fingerprint density at radius 3 is 2.97 bits per heavy atom. The molecule has 3 atom stereocenters. The van der Waals surface area contributed by atoms with Crippen LogP contribution in [0, 0.1) is 18.8 Å². The van der Waals surface area contributed by atoms with E-state index in [9.17, 15) is 4.79 Å². The van der Waals surface area contributed by atoms with E-state index < -0.39 is 0 Å². The number of rotatable bonds is 4. The molecule has 30 heavy (non-hydrogen) atoms. The number of quaternary nitrogens is 1. The zero-order valence-electron chi connectivity index (χ0n) is 17.2. The third-order valence-corrected chi connectivity index (χ3v) is 7.76. The summed E-state index contributed by atoms with van der Waals surface area (Å²) in [5, 5.41) is 2.38. The number of carbonyl (C=O) groups excluding carboxylic acids is 1. The molecule has 2 N–H and O–H groups in total. The van der Waals surface area contributed by atoms with Crippen molar-refractivity contribution in [1.29, 1.82) is 0 Å². The molecular formula is C23H27N4O3+. The first kappa shape index (κ1) is 18.1. The third-order valence-electron chi connectivity index (χ3n) is 7.76. The summed E-state index contributed by atoms with van der Waals surface area (Å²) in [4.78, 5) is 24.7. The van der Waals surface area contributed by atoms with Gasteiger partial charge in [0, 0.05) is 24.4 Å². The van der Waals surface area contributed by atoms with E-state index in [0.29, 0.717) is 18.9 Å². The van der Waals surface area contributed by atoms with Crippen molar-refractivity contribution in [2.45, 2.75) is 50.6 Å². The molecule has 2 aliphatic heterocycles. The van der Waals surface area contributed by atoms with Gasteiger partial charge in [0.05, 0.1) is 30.2 Å². The highest BCUT2D eigenvalue weighted by Crippen LogP contribution is 2.54. The van der Waals surface area contributed by atoms with Crippen LogP contribution in [0.1, 0.15) is 48.7 Å². The van der Waals surface area contributed by atoms with Crippen molar-refractivity contribution in [2.24, 2.45) is 11.8 Å². The number of para-hydroxylation sites is 1. The monoisotopic (exact) mass is 407 g/mol. The third kappa shape index (κ3) is 2.51. The van der Waals surface area contributed by atoms with Crippen LogP contribution in [-0.4, -0.2) is 39.4 Å². The van der Waals surface area contributed by atoms with Crippen LogP contribution in [0.5, 0.6) is 0 Å². The summed E-state index contributed by atoms with van der Waals surface area (Å²) in [6.45, 7) is 4.43. The molecular weight excluding hydrogens is 380 g/mol. The topological polar surface area (TPSA) is 89.0 Å². The number of oxazole rings is 2. The largest absolute Gasteiger partial charge is 0.448 e. The van der Waals surface area contributed by atoms with Gasteiger partial charge in [-0.2, -0.15) is 0 Å². The number of fused-ring (bicyclic) bond motifs is 2. The zero-order valence-corrected chi connectivity index (χ0v) is 17.2. The van der Waals surface area contributed by atoms with Crippen LogP contribution in [0.4, 0.5) is 0 Å². The Morgan fingerprint density at radius 1 is 1.30 bits per heavy atom. The van der Waals surface area contributed by atoms with E-state index >= 15 is 0 Å². The van der Waals surface area contributed by atoms with Gasteiger partial charge in [0.2, 0.25) is 11.8 Å². The number of carbonyl (C=O) groups is 1. The van der Waals surface area contributed by atoms with Crippen LogP contribution in [-0.2, 0) is 11.3 Å². The SMILES string of the molecule is Cc1coc(C2C[NH2+]CC3(C4CCC4)C2CC(=O)N3Cc2cccc3ocnc23)n1. The van der Waals surface area contributed by atoms with E-state index in [1.54, 1.807) is 6.26 Å². The number of nitrogens with two attached hydrogens (primary N) is 1. The maximum Gasteiger partial charge on any atom is 0.223 e. The van der Waals surface area contributed by atoms with Gasteiger partial charge in [-0.3, -0.25) is 4.79 Å². The molecule has 1 saturated carbocycles. The number of hydrogen-bond donors (Lipinski definition) is 1. The van der Waals surface area contributed by atoms with Gasteiger partial charge in [-0.25, -0.2) is 9.97 Å². The van der Waals surface area contributed by atoms with Crippen LogP contribution >= 0.6 is 0 Å². The summed E-state index contributed by atoms with van der Waals surface area (Å²) in [7, 11) is 0. The predicted molar refractivity (Wildman–Crippen MR) is 108 cm³/mol. The molecule has 4 heterocycles. The first-order valence-electron chi connectivity index (χ1n) is 11.0. The second-order valence-electron chi connectivity index (χ2n) is 9.19. The van der Waals surface area contributed by atoms with E-state index in [2.05, 4.69) is 26.3 Å². The average Bonchev–Trinajstić information content (AvgIpc) is 3.40. The lowest BCUT2D eigenvalue weighted by Crippen LogP contribution is -2.95. The molecule has 7 nitrogen and oxygen atoms in total. The van der Waals surface area contributed by atoms with Crippen molar-refractivity contribution < 1.29 is 18.9 Å². The molecule has 156 valence electrons. The highest BCUT2D eigenvalue weighted by atomic mass is 16.3. The van der Waals surface area contributed by atoms with Crippen molar-refractivity contribution in [2.75, 3.05) is 13.1 Å². The number of hydrogen-bond acceptors (Lipinski definition) is 5. The summed E-state index contributed by atoms with van der Waals surface area (Å²) < 4.78 is 11.3. The van der Waals surface area contributed by atoms with Gasteiger partial charge in [0.15, 0.2) is 12.0 Å². The van der Waals surface area contributed by atoms with Gasteiger partial charge in [-0.05, 0) is 31.7 Å². The molecule has 7 heteroatoms. The van der Waals surface area contributed by atoms with E-state index in [1.807, 2.05) is 19.1 Å². The molecule has 6 rings (SSSR count). The first-order valence-corrected chi connectivity index (χ1v) is 11.0. The minimum Gasteiger partial charge on any atom is -0.448 e. The van der Waals surface area contributed by atoms with Crippen LogP contribution in [0.15, 0.2) is 39.7 Å². The molecule has 3 aliphatic rings. The fourth-order valence-corrected chi connectivity index (χ4v) is 6.21. The van der Waals surface area contributed by atoms with Crippen molar-refractivity contribution >= 4 is 17.0 Å². The predicted octanol–water partition coefficient (Wildman–Crippen LogP) is 2.37. The summed E-state index contributed by atoms with van der Waals surface area (Å²) in [5.41, 5.74) is 3.45. The van der Waals surface area contributed by atoms with E-state index in [1.165, 1.54) is 25.7 Å². The Bertz CT molecular complexity index is 1100. The molecule has 0 bridgehead atoms. The smallest absolute Gasteiger partial charge is 0.223 e. The Balaban J connectivity index is 1.42. The first-order chi connectivity index (χ1) is 14.7. The fourth-order valence-electron chi connectivity index (χ4n) is 6.21. The summed E-state index contributed by atoms with van der Waals surface area (Å²) in [6, 6.07) is 5.99. The van der Waals surface area contributed by atoms with Gasteiger partial charge in [-0.1, -0.05) is 18.6 Å². The number of amides is 1. The van der Waals surface area contributed by atoms with E-state index in [4.69, 9.17) is 8.83 Å². The van der Waals surface area contributed by atoms with Crippen molar-refractivity contribution in [3.8, 4) is 0 Å². The average molecular weight is 407 g/mol. The second kappa shape index (κ2) is 6.67. The molecule has 3 aromatic rings. The lowest BCUT2D eigenvalue weighted by atomic mass is 9.60. The summed E-state index contributed by atoms with van der Waals surface area (Å²) >= 11 is 0. The molecule has 1 aromatic carbocycles. The van der Waals surface area contributed by atoms with Crippen LogP contribution in [0.3, 0.4) is 0 Å². The fraction of sp³-hybridized carbons (Fsp3) is 0.522. The molecule has 3 fully saturated rings. The summed E-state index contributed by atoms with van der Waals surface area (Å²) in [6.07, 6.45) is 7.43. The number of piperidine rings is 1. The standard InChI is InChI=1S/C23H26N4O3/c1-14-11-29-22(26-14)17-9-24-12-23(16-5-3-6-16)18(17)8-20(28)27(23)10-15-4-2-7-19-21(15)25-13-30-19/h2,4,7,11,13,16-18,24H,3,5-6,8-10,12H2,1H3/p+1. The van der Waals surface area contributed by atoms with E-state index in [0.717, 1.165) is 41.3 Å². The second-order valence-corrected chi connectivity index (χ2v) is 9.19. The van der Waals surface area contributed by atoms with Gasteiger partial charge in [0.1, 0.15) is 11.8 Å². The molecule has 1 amide bonds. The highest BCUT2D eigenvalue weighted by Gasteiger charge is 2.64. The minimum absolute atomic E-state index is 0.146. The van der Waals surface area contributed by atoms with Gasteiger partial charge >= 0.3 is 0 Å². The van der Waals surface area contributed by atoms with Crippen LogP contribution in [0.2, 0.25) is 0 Å². The van der Waals surface area contributed by atoms with E-state index in [-0.39, 0.29) is 23.3 Å². The zero-order chi connectivity index (χ0) is 20.3. The minimum atomic E-state index is -0.146. The number of benzene rings is 1. The normalized spacial score (nSPS) is 29.4. The van der Waals surface area contributed by atoms with Gasteiger partial charge in [0.25, 0.3) is 0 Å². The quantitative estimate of drug-likeness (QED) is 0.717. The number of aryl methyl sites for hydroxylation is 1. The van der Waals surface area contributed by atoms with Gasteiger partial charge < -0.3 is 19.1 Å². The molecule has 3 unspecified atom stereocenters. The Kier molecular flexibility index (Phi) is 4.03. The molecule has 0 radical (unpaired) electrons. The molecule has 2 saturated heterocycles. The van der Waals surface area contributed by atoms with Crippen molar-refractivity contribution in [3.05, 3.63) is 48.0 Å². The Labute approximate surface area is 174 Å². The highest BCUT2D eigenvalue weighted by molar-refractivity contribution is 5.82.